The van der Waals surface area contributed by atoms with Gasteiger partial charge in [0, 0.05) is 26.5 Å². The van der Waals surface area contributed by atoms with E-state index in [2.05, 4.69) is 5.32 Å². The molecule has 96 valence electrons. The number of ether oxygens (including phenoxy) is 1. The van der Waals surface area contributed by atoms with Crippen molar-refractivity contribution in [2.45, 2.75) is 13.0 Å². The first-order chi connectivity index (χ1) is 8.69. The largest absolute Gasteiger partial charge is 0.385 e. The zero-order valence-corrected chi connectivity index (χ0v) is 10.2. The topological polar surface area (TPSA) is 84.1 Å². The van der Waals surface area contributed by atoms with Gasteiger partial charge in [-0.05, 0) is 18.6 Å². The number of hydrogen-bond donors (Lipinski definition) is 1. The van der Waals surface area contributed by atoms with Crippen LogP contribution in [0, 0.1) is 11.3 Å². The van der Waals surface area contributed by atoms with Crippen LogP contribution in [0.5, 0.6) is 0 Å². The molecule has 0 aliphatic heterocycles. The van der Waals surface area contributed by atoms with E-state index in [9.17, 15) is 9.59 Å². The average molecular weight is 249 g/mol. The third kappa shape index (κ3) is 4.03. The minimum atomic E-state index is -0.452. The zero-order valence-electron chi connectivity index (χ0n) is 10.2. The molecule has 6 nitrogen and oxygen atoms in total. The Bertz CT molecular complexity index is 502. The minimum Gasteiger partial charge on any atom is -0.385 e. The number of methoxy groups -OCH3 is 1. The van der Waals surface area contributed by atoms with E-state index in [0.717, 1.165) is 6.42 Å². The fraction of sp³-hybridized carbons (Fsp3) is 0.417. The van der Waals surface area contributed by atoms with Gasteiger partial charge in [0.1, 0.15) is 18.2 Å². The van der Waals surface area contributed by atoms with Crippen LogP contribution in [0.25, 0.3) is 0 Å². The van der Waals surface area contributed by atoms with Crippen molar-refractivity contribution in [1.82, 2.24) is 9.88 Å². The van der Waals surface area contributed by atoms with Crippen LogP contribution in [0.15, 0.2) is 23.1 Å². The Labute approximate surface area is 105 Å². The van der Waals surface area contributed by atoms with E-state index in [4.69, 9.17) is 10.00 Å². The second kappa shape index (κ2) is 7.25. The highest BCUT2D eigenvalue weighted by molar-refractivity contribution is 5.75. The molecule has 1 heterocycles. The lowest BCUT2D eigenvalue weighted by Gasteiger charge is -2.07. The summed E-state index contributed by atoms with van der Waals surface area (Å²) in [6.45, 7) is 0.991. The van der Waals surface area contributed by atoms with Crippen LogP contribution >= 0.6 is 0 Å². The van der Waals surface area contributed by atoms with Gasteiger partial charge in [0.2, 0.25) is 5.91 Å². The Hall–Kier alpha value is -2.13. The third-order valence-corrected chi connectivity index (χ3v) is 2.30. The highest BCUT2D eigenvalue weighted by Gasteiger charge is 2.06. The van der Waals surface area contributed by atoms with Gasteiger partial charge >= 0.3 is 0 Å². The van der Waals surface area contributed by atoms with Crippen molar-refractivity contribution in [3.63, 3.8) is 0 Å². The highest BCUT2D eigenvalue weighted by Crippen LogP contribution is 1.89. The van der Waals surface area contributed by atoms with Gasteiger partial charge in [0.05, 0.1) is 0 Å². The van der Waals surface area contributed by atoms with Crippen LogP contribution in [-0.2, 0) is 16.1 Å². The van der Waals surface area contributed by atoms with E-state index in [1.165, 1.54) is 16.8 Å². The van der Waals surface area contributed by atoms with Crippen molar-refractivity contribution in [2.24, 2.45) is 0 Å². The van der Waals surface area contributed by atoms with Crippen molar-refractivity contribution < 1.29 is 9.53 Å². The summed E-state index contributed by atoms with van der Waals surface area (Å²) in [5, 5.41) is 11.4. The van der Waals surface area contributed by atoms with Crippen LogP contribution in [0.4, 0.5) is 0 Å². The van der Waals surface area contributed by atoms with E-state index >= 15 is 0 Å². The lowest BCUT2D eigenvalue weighted by Crippen LogP contribution is -2.33. The number of rotatable bonds is 6. The molecule has 6 heteroatoms. The summed E-state index contributed by atoms with van der Waals surface area (Å²) < 4.78 is 6.06. The molecule has 0 saturated heterocycles. The highest BCUT2D eigenvalue weighted by atomic mass is 16.5. The van der Waals surface area contributed by atoms with Gasteiger partial charge in [-0.1, -0.05) is 0 Å². The molecule has 0 spiro atoms. The molecule has 0 atom stereocenters. The second-order valence-electron chi connectivity index (χ2n) is 3.66. The van der Waals surface area contributed by atoms with Crippen LogP contribution < -0.4 is 10.9 Å². The standard InChI is InChI=1S/C12H15N3O3/c1-18-7-3-5-14-11(16)9-15-6-2-4-10(8-13)12(15)17/h2,4,6H,3,5,7,9H2,1H3,(H,14,16). The molecule has 0 fully saturated rings. The summed E-state index contributed by atoms with van der Waals surface area (Å²) in [4.78, 5) is 23.2. The van der Waals surface area contributed by atoms with E-state index in [1.54, 1.807) is 19.2 Å². The molecule has 0 bridgehead atoms. The van der Waals surface area contributed by atoms with Crippen molar-refractivity contribution in [3.8, 4) is 6.07 Å². The maximum atomic E-state index is 11.7. The molecule has 1 aromatic heterocycles. The molecule has 1 N–H and O–H groups in total. The Kier molecular flexibility index (Phi) is 5.61. The summed E-state index contributed by atoms with van der Waals surface area (Å²) in [6.07, 6.45) is 2.20. The molecular formula is C12H15N3O3. The third-order valence-electron chi connectivity index (χ3n) is 2.30. The molecule has 18 heavy (non-hydrogen) atoms. The van der Waals surface area contributed by atoms with Gasteiger partial charge in [0.15, 0.2) is 0 Å². The molecule has 0 unspecified atom stereocenters. The molecule has 0 aromatic carbocycles. The van der Waals surface area contributed by atoms with Crippen LogP contribution in [0.1, 0.15) is 12.0 Å². The normalized spacial score (nSPS) is 9.78. The predicted molar refractivity (Wildman–Crippen MR) is 64.9 cm³/mol. The molecule has 0 saturated carbocycles. The molecule has 1 amide bonds. The SMILES string of the molecule is COCCCNC(=O)Cn1cccc(C#N)c1=O. The maximum absolute atomic E-state index is 11.7. The molecule has 0 radical (unpaired) electrons. The number of nitriles is 1. The zero-order chi connectivity index (χ0) is 13.4. The first-order valence-corrected chi connectivity index (χ1v) is 5.54. The number of nitrogens with zero attached hydrogens (tertiary/aromatic N) is 2. The molecule has 0 aliphatic carbocycles. The number of hydrogen-bond acceptors (Lipinski definition) is 4. The molecule has 0 aliphatic rings. The van der Waals surface area contributed by atoms with Gasteiger partial charge < -0.3 is 14.6 Å². The van der Waals surface area contributed by atoms with Gasteiger partial charge in [-0.3, -0.25) is 9.59 Å². The van der Waals surface area contributed by atoms with Crippen molar-refractivity contribution >= 4 is 5.91 Å². The van der Waals surface area contributed by atoms with Crippen molar-refractivity contribution in [2.75, 3.05) is 20.3 Å². The van der Waals surface area contributed by atoms with Gasteiger partial charge in [-0.25, -0.2) is 0 Å². The summed E-state index contributed by atoms with van der Waals surface area (Å²) in [5.41, 5.74) is -0.420. The quantitative estimate of drug-likeness (QED) is 0.712. The van der Waals surface area contributed by atoms with Crippen molar-refractivity contribution in [1.29, 1.82) is 5.26 Å². The predicted octanol–water partition coefficient (Wildman–Crippen LogP) is -0.127. The summed E-state index contributed by atoms with van der Waals surface area (Å²) in [5.74, 6) is -0.261. The number of nitrogens with one attached hydrogen (secondary N) is 1. The lowest BCUT2D eigenvalue weighted by molar-refractivity contribution is -0.121. The number of carbonyl (C=O) groups excluding carboxylic acids is 1. The number of amides is 1. The number of carbonyl (C=O) groups is 1. The number of aromatic nitrogens is 1. The molecule has 1 rings (SSSR count). The Balaban J connectivity index is 2.55. The van der Waals surface area contributed by atoms with Crippen LogP contribution in [-0.4, -0.2) is 30.7 Å². The average Bonchev–Trinajstić information content (AvgIpc) is 2.37. The fourth-order valence-electron chi connectivity index (χ4n) is 1.40. The van der Waals surface area contributed by atoms with Gasteiger partial charge in [-0.2, -0.15) is 5.26 Å². The molecular weight excluding hydrogens is 234 g/mol. The fourth-order valence-corrected chi connectivity index (χ4v) is 1.40. The van der Waals surface area contributed by atoms with E-state index in [1.807, 2.05) is 0 Å². The van der Waals surface area contributed by atoms with E-state index in [0.29, 0.717) is 13.2 Å². The maximum Gasteiger partial charge on any atom is 0.268 e. The monoisotopic (exact) mass is 249 g/mol. The molecule has 1 aromatic rings. The van der Waals surface area contributed by atoms with E-state index < -0.39 is 5.56 Å². The Morgan fingerprint density at radius 1 is 1.61 bits per heavy atom. The summed E-state index contributed by atoms with van der Waals surface area (Å²) in [6, 6.07) is 4.78. The van der Waals surface area contributed by atoms with Crippen LogP contribution in [0.2, 0.25) is 0 Å². The first kappa shape index (κ1) is 13.9. The Morgan fingerprint density at radius 2 is 2.39 bits per heavy atom. The Morgan fingerprint density at radius 3 is 3.06 bits per heavy atom. The lowest BCUT2D eigenvalue weighted by atomic mass is 10.3. The van der Waals surface area contributed by atoms with Gasteiger partial charge in [0.25, 0.3) is 5.56 Å². The summed E-state index contributed by atoms with van der Waals surface area (Å²) >= 11 is 0. The second-order valence-corrected chi connectivity index (χ2v) is 3.66. The minimum absolute atomic E-state index is 0.0321. The first-order valence-electron chi connectivity index (χ1n) is 5.54. The smallest absolute Gasteiger partial charge is 0.268 e. The van der Waals surface area contributed by atoms with Crippen molar-refractivity contribution in [3.05, 3.63) is 34.2 Å². The van der Waals surface area contributed by atoms with Crippen LogP contribution in [0.3, 0.4) is 0 Å². The van der Waals surface area contributed by atoms with Gasteiger partial charge in [-0.15, -0.1) is 0 Å². The summed E-state index contributed by atoms with van der Waals surface area (Å²) in [7, 11) is 1.59. The van der Waals surface area contributed by atoms with E-state index in [-0.39, 0.29) is 18.0 Å². The number of pyridine rings is 1.